The second kappa shape index (κ2) is 8.21. The summed E-state index contributed by atoms with van der Waals surface area (Å²) in [6, 6.07) is 0. The summed E-state index contributed by atoms with van der Waals surface area (Å²) in [5.74, 6) is 0.718. The van der Waals surface area contributed by atoms with Crippen molar-refractivity contribution < 1.29 is 9.47 Å². The van der Waals surface area contributed by atoms with E-state index in [1.54, 1.807) is 0 Å². The zero-order valence-corrected chi connectivity index (χ0v) is 9.26. The third-order valence-corrected chi connectivity index (χ3v) is 2.46. The molecule has 1 rings (SSSR count). The molecule has 0 amide bonds. The van der Waals surface area contributed by atoms with Gasteiger partial charge in [0, 0.05) is 26.3 Å². The van der Waals surface area contributed by atoms with Crippen molar-refractivity contribution in [1.82, 2.24) is 5.32 Å². The van der Waals surface area contributed by atoms with Crippen LogP contribution in [0.5, 0.6) is 0 Å². The van der Waals surface area contributed by atoms with Crippen molar-refractivity contribution in [3.8, 4) is 0 Å². The molecule has 1 aliphatic heterocycles. The molecule has 1 heterocycles. The minimum absolute atomic E-state index is 0.718. The number of hydrogen-bond donors (Lipinski definition) is 1. The average molecular weight is 201 g/mol. The molecule has 84 valence electrons. The first kappa shape index (κ1) is 12.0. The molecule has 0 radical (unpaired) electrons. The third-order valence-electron chi connectivity index (χ3n) is 2.46. The Morgan fingerprint density at radius 2 is 2.36 bits per heavy atom. The maximum Gasteiger partial charge on any atom is 0.0590 e. The van der Waals surface area contributed by atoms with Crippen molar-refractivity contribution in [3.63, 3.8) is 0 Å². The van der Waals surface area contributed by atoms with Gasteiger partial charge in [0.2, 0.25) is 0 Å². The van der Waals surface area contributed by atoms with Crippen LogP contribution in [0.1, 0.15) is 26.2 Å². The topological polar surface area (TPSA) is 30.5 Å². The molecular weight excluding hydrogens is 178 g/mol. The predicted octanol–water partition coefficient (Wildman–Crippen LogP) is 1.43. The van der Waals surface area contributed by atoms with Gasteiger partial charge >= 0.3 is 0 Å². The summed E-state index contributed by atoms with van der Waals surface area (Å²) in [6.45, 7) is 7.79. The van der Waals surface area contributed by atoms with Crippen LogP contribution in [-0.4, -0.2) is 39.5 Å². The molecule has 0 aliphatic carbocycles. The molecule has 0 bridgehead atoms. The number of ether oxygens (including phenoxy) is 2. The summed E-state index contributed by atoms with van der Waals surface area (Å²) in [6.07, 6.45) is 3.64. The van der Waals surface area contributed by atoms with Crippen molar-refractivity contribution in [2.24, 2.45) is 5.92 Å². The van der Waals surface area contributed by atoms with Crippen LogP contribution < -0.4 is 5.32 Å². The van der Waals surface area contributed by atoms with Gasteiger partial charge in [0.25, 0.3) is 0 Å². The van der Waals surface area contributed by atoms with E-state index in [0.29, 0.717) is 0 Å². The summed E-state index contributed by atoms with van der Waals surface area (Å²) < 4.78 is 10.8. The summed E-state index contributed by atoms with van der Waals surface area (Å²) >= 11 is 0. The van der Waals surface area contributed by atoms with Gasteiger partial charge in [0.1, 0.15) is 0 Å². The molecular formula is C11H23NO2. The SMILES string of the molecule is CCCOCCNCC1CCCOC1. The van der Waals surface area contributed by atoms with Gasteiger partial charge in [-0.3, -0.25) is 0 Å². The quantitative estimate of drug-likeness (QED) is 0.632. The van der Waals surface area contributed by atoms with Crippen LogP contribution in [0, 0.1) is 5.92 Å². The molecule has 1 aliphatic rings. The Morgan fingerprint density at radius 1 is 1.43 bits per heavy atom. The van der Waals surface area contributed by atoms with E-state index in [-0.39, 0.29) is 0 Å². The maximum atomic E-state index is 5.41. The van der Waals surface area contributed by atoms with Gasteiger partial charge in [0.05, 0.1) is 13.2 Å². The minimum atomic E-state index is 0.718. The zero-order valence-electron chi connectivity index (χ0n) is 9.26. The van der Waals surface area contributed by atoms with Gasteiger partial charge in [0.15, 0.2) is 0 Å². The van der Waals surface area contributed by atoms with Crippen molar-refractivity contribution in [1.29, 1.82) is 0 Å². The molecule has 0 aromatic carbocycles. The first-order valence-electron chi connectivity index (χ1n) is 5.79. The van der Waals surface area contributed by atoms with E-state index in [4.69, 9.17) is 9.47 Å². The normalized spacial score (nSPS) is 22.5. The van der Waals surface area contributed by atoms with Crippen molar-refractivity contribution in [2.45, 2.75) is 26.2 Å². The molecule has 1 saturated heterocycles. The Labute approximate surface area is 87.2 Å². The Kier molecular flexibility index (Phi) is 7.01. The highest BCUT2D eigenvalue weighted by Crippen LogP contribution is 2.11. The fourth-order valence-corrected chi connectivity index (χ4v) is 1.67. The van der Waals surface area contributed by atoms with E-state index in [9.17, 15) is 0 Å². The Bertz CT molecular complexity index is 124. The highest BCUT2D eigenvalue weighted by molar-refractivity contribution is 4.65. The number of rotatable bonds is 7. The molecule has 1 fully saturated rings. The minimum Gasteiger partial charge on any atom is -0.381 e. The monoisotopic (exact) mass is 201 g/mol. The molecule has 0 aromatic rings. The van der Waals surface area contributed by atoms with Gasteiger partial charge in [-0.15, -0.1) is 0 Å². The molecule has 0 aromatic heterocycles. The van der Waals surface area contributed by atoms with E-state index in [0.717, 1.165) is 51.9 Å². The molecule has 1 atom stereocenters. The van der Waals surface area contributed by atoms with E-state index < -0.39 is 0 Å². The lowest BCUT2D eigenvalue weighted by molar-refractivity contribution is 0.0536. The molecule has 1 unspecified atom stereocenters. The lowest BCUT2D eigenvalue weighted by atomic mass is 10.0. The van der Waals surface area contributed by atoms with Crippen molar-refractivity contribution in [2.75, 3.05) is 39.5 Å². The van der Waals surface area contributed by atoms with Crippen LogP contribution in [-0.2, 0) is 9.47 Å². The van der Waals surface area contributed by atoms with Crippen molar-refractivity contribution >= 4 is 0 Å². The highest BCUT2D eigenvalue weighted by atomic mass is 16.5. The fraction of sp³-hybridized carbons (Fsp3) is 1.00. The second-order valence-electron chi connectivity index (χ2n) is 3.90. The first-order valence-corrected chi connectivity index (χ1v) is 5.79. The van der Waals surface area contributed by atoms with Crippen LogP contribution in [0.15, 0.2) is 0 Å². The standard InChI is InChI=1S/C11H23NO2/c1-2-6-13-8-5-12-9-11-4-3-7-14-10-11/h11-12H,2-10H2,1H3. The Balaban J connectivity index is 1.82. The molecule has 1 N–H and O–H groups in total. The van der Waals surface area contributed by atoms with Gasteiger partial charge in [-0.25, -0.2) is 0 Å². The zero-order chi connectivity index (χ0) is 10.1. The third kappa shape index (κ3) is 5.58. The lowest BCUT2D eigenvalue weighted by Gasteiger charge is -2.22. The molecule has 0 spiro atoms. The largest absolute Gasteiger partial charge is 0.381 e. The van der Waals surface area contributed by atoms with Crippen LogP contribution in [0.2, 0.25) is 0 Å². The predicted molar refractivity (Wildman–Crippen MR) is 57.5 cm³/mol. The van der Waals surface area contributed by atoms with Gasteiger partial charge in [-0.1, -0.05) is 6.92 Å². The van der Waals surface area contributed by atoms with Gasteiger partial charge in [-0.05, 0) is 25.2 Å². The smallest absolute Gasteiger partial charge is 0.0590 e. The summed E-state index contributed by atoms with van der Waals surface area (Å²) in [5, 5.41) is 3.41. The Morgan fingerprint density at radius 3 is 3.07 bits per heavy atom. The maximum absolute atomic E-state index is 5.41. The van der Waals surface area contributed by atoms with Crippen LogP contribution in [0.4, 0.5) is 0 Å². The van der Waals surface area contributed by atoms with Crippen LogP contribution in [0.3, 0.4) is 0 Å². The molecule has 3 heteroatoms. The summed E-state index contributed by atoms with van der Waals surface area (Å²) in [5.41, 5.74) is 0. The number of nitrogens with one attached hydrogen (secondary N) is 1. The van der Waals surface area contributed by atoms with Gasteiger partial charge < -0.3 is 14.8 Å². The molecule has 3 nitrogen and oxygen atoms in total. The molecule has 14 heavy (non-hydrogen) atoms. The van der Waals surface area contributed by atoms with Crippen LogP contribution in [0.25, 0.3) is 0 Å². The summed E-state index contributed by atoms with van der Waals surface area (Å²) in [4.78, 5) is 0. The fourth-order valence-electron chi connectivity index (χ4n) is 1.67. The summed E-state index contributed by atoms with van der Waals surface area (Å²) in [7, 11) is 0. The highest BCUT2D eigenvalue weighted by Gasteiger charge is 2.12. The van der Waals surface area contributed by atoms with E-state index in [2.05, 4.69) is 12.2 Å². The van der Waals surface area contributed by atoms with E-state index in [1.807, 2.05) is 0 Å². The van der Waals surface area contributed by atoms with Crippen LogP contribution >= 0.6 is 0 Å². The lowest BCUT2D eigenvalue weighted by Crippen LogP contribution is -2.31. The average Bonchev–Trinajstić information content (AvgIpc) is 2.25. The molecule has 0 saturated carbocycles. The van der Waals surface area contributed by atoms with Gasteiger partial charge in [-0.2, -0.15) is 0 Å². The Hall–Kier alpha value is -0.120. The number of hydrogen-bond acceptors (Lipinski definition) is 3. The van der Waals surface area contributed by atoms with E-state index >= 15 is 0 Å². The first-order chi connectivity index (χ1) is 6.93. The van der Waals surface area contributed by atoms with E-state index in [1.165, 1.54) is 12.8 Å². The van der Waals surface area contributed by atoms with Crippen molar-refractivity contribution in [3.05, 3.63) is 0 Å². The second-order valence-corrected chi connectivity index (χ2v) is 3.90.